The van der Waals surface area contributed by atoms with Crippen LogP contribution in [0.5, 0.6) is 0 Å². The number of hydrogen-bond donors (Lipinski definition) is 0. The van der Waals surface area contributed by atoms with Crippen LogP contribution in [-0.2, 0) is 6.54 Å². The molecule has 1 aromatic heterocycles. The first-order valence-corrected chi connectivity index (χ1v) is 6.75. The summed E-state index contributed by atoms with van der Waals surface area (Å²) in [4.78, 5) is 10.9. The molecule has 0 bridgehead atoms. The van der Waals surface area contributed by atoms with Gasteiger partial charge in [0.1, 0.15) is 5.69 Å². The third kappa shape index (κ3) is 3.14. The zero-order valence-electron chi connectivity index (χ0n) is 10.6. The second-order valence-electron chi connectivity index (χ2n) is 4.89. The number of nitrogens with zero attached hydrogens (tertiary/aromatic N) is 3. The van der Waals surface area contributed by atoms with Crippen molar-refractivity contribution in [2.24, 2.45) is 0 Å². The number of carbonyl (C=O) groups is 1. The van der Waals surface area contributed by atoms with Crippen molar-refractivity contribution in [1.82, 2.24) is 15.0 Å². The lowest BCUT2D eigenvalue weighted by Gasteiger charge is -2.05. The molecular weight excluding hydrogens is 214 g/mol. The molecule has 0 N–H and O–H groups in total. The lowest BCUT2D eigenvalue weighted by molar-refractivity contribution is 0.111. The topological polar surface area (TPSA) is 47.8 Å². The first-order chi connectivity index (χ1) is 8.36. The summed E-state index contributed by atoms with van der Waals surface area (Å²) in [5.41, 5.74) is 1.64. The Balaban J connectivity index is 1.87. The molecule has 0 unspecified atom stereocenters. The normalized spacial score (nSPS) is 15.1. The molecule has 1 aliphatic carbocycles. The Kier molecular flexibility index (Phi) is 4.29. The summed E-state index contributed by atoms with van der Waals surface area (Å²) < 4.78 is 1.95. The van der Waals surface area contributed by atoms with Gasteiger partial charge in [-0.05, 0) is 19.3 Å². The summed E-state index contributed by atoms with van der Waals surface area (Å²) >= 11 is 0. The Labute approximate surface area is 102 Å². The summed E-state index contributed by atoms with van der Waals surface area (Å²) in [6, 6.07) is 0. The minimum Gasteiger partial charge on any atom is -0.296 e. The monoisotopic (exact) mass is 235 g/mol. The number of unbranched alkanes of at least 4 members (excludes halogenated alkanes) is 4. The lowest BCUT2D eigenvalue weighted by Crippen LogP contribution is -2.05. The molecule has 0 amide bonds. The molecule has 0 spiro atoms. The van der Waals surface area contributed by atoms with Gasteiger partial charge in [0, 0.05) is 12.5 Å². The molecule has 0 radical (unpaired) electrons. The molecule has 4 heteroatoms. The van der Waals surface area contributed by atoms with Crippen LogP contribution in [0.15, 0.2) is 0 Å². The van der Waals surface area contributed by atoms with E-state index in [1.54, 1.807) is 0 Å². The molecule has 1 aliphatic rings. The average Bonchev–Trinajstić information content (AvgIpc) is 3.10. The predicted molar refractivity (Wildman–Crippen MR) is 66.1 cm³/mol. The number of hydrogen-bond acceptors (Lipinski definition) is 3. The van der Waals surface area contributed by atoms with Crippen LogP contribution in [-0.4, -0.2) is 21.3 Å². The molecule has 1 saturated carbocycles. The molecule has 1 aromatic rings. The van der Waals surface area contributed by atoms with Crippen molar-refractivity contribution in [2.75, 3.05) is 0 Å². The van der Waals surface area contributed by atoms with Gasteiger partial charge in [0.25, 0.3) is 0 Å². The summed E-state index contributed by atoms with van der Waals surface area (Å²) in [5, 5.41) is 8.06. The van der Waals surface area contributed by atoms with Gasteiger partial charge in [-0.2, -0.15) is 0 Å². The van der Waals surface area contributed by atoms with E-state index in [1.165, 1.54) is 38.5 Å². The summed E-state index contributed by atoms with van der Waals surface area (Å²) in [6.07, 6.45) is 9.47. The van der Waals surface area contributed by atoms with Crippen molar-refractivity contribution in [1.29, 1.82) is 0 Å². The van der Waals surface area contributed by atoms with Crippen molar-refractivity contribution < 1.29 is 4.79 Å². The van der Waals surface area contributed by atoms with Crippen molar-refractivity contribution >= 4 is 6.29 Å². The van der Waals surface area contributed by atoms with E-state index < -0.39 is 0 Å². The highest BCUT2D eigenvalue weighted by molar-refractivity contribution is 5.73. The fourth-order valence-electron chi connectivity index (χ4n) is 2.22. The predicted octanol–water partition coefficient (Wildman–Crippen LogP) is 2.94. The first-order valence-electron chi connectivity index (χ1n) is 6.75. The van der Waals surface area contributed by atoms with Crippen molar-refractivity contribution in [3.8, 4) is 0 Å². The zero-order valence-corrected chi connectivity index (χ0v) is 10.6. The van der Waals surface area contributed by atoms with E-state index in [4.69, 9.17) is 0 Å². The van der Waals surface area contributed by atoms with E-state index in [1.807, 2.05) is 4.68 Å². The Morgan fingerprint density at radius 1 is 1.29 bits per heavy atom. The summed E-state index contributed by atoms with van der Waals surface area (Å²) in [5.74, 6) is 0.542. The van der Waals surface area contributed by atoms with Crippen LogP contribution in [0.2, 0.25) is 0 Å². The number of rotatable bonds is 8. The van der Waals surface area contributed by atoms with E-state index in [9.17, 15) is 4.79 Å². The van der Waals surface area contributed by atoms with Crippen molar-refractivity contribution in [3.05, 3.63) is 11.4 Å². The van der Waals surface area contributed by atoms with E-state index in [-0.39, 0.29) is 0 Å². The smallest absolute Gasteiger partial charge is 0.172 e. The molecule has 1 heterocycles. The average molecular weight is 235 g/mol. The molecule has 0 aliphatic heterocycles. The van der Waals surface area contributed by atoms with Gasteiger partial charge in [-0.15, -0.1) is 5.10 Å². The van der Waals surface area contributed by atoms with Gasteiger partial charge in [0.05, 0.1) is 5.69 Å². The molecular formula is C13H21N3O. The zero-order chi connectivity index (χ0) is 12.1. The van der Waals surface area contributed by atoms with Crippen LogP contribution < -0.4 is 0 Å². The highest BCUT2D eigenvalue weighted by atomic mass is 16.1. The van der Waals surface area contributed by atoms with Crippen LogP contribution >= 0.6 is 0 Å². The first kappa shape index (κ1) is 12.3. The standard InChI is InChI=1S/C13H21N3O/c1-2-3-4-5-6-9-16-13(11-7-8-11)12(10-17)14-15-16/h10-11H,2-9H2,1H3. The molecule has 2 rings (SSSR count). The third-order valence-electron chi connectivity index (χ3n) is 3.35. The minimum atomic E-state index is 0.542. The minimum absolute atomic E-state index is 0.542. The van der Waals surface area contributed by atoms with Crippen molar-refractivity contribution in [3.63, 3.8) is 0 Å². The van der Waals surface area contributed by atoms with Gasteiger partial charge in [-0.3, -0.25) is 4.79 Å². The van der Waals surface area contributed by atoms with Gasteiger partial charge in [0.2, 0.25) is 0 Å². The number of aldehydes is 1. The summed E-state index contributed by atoms with van der Waals surface area (Å²) in [6.45, 7) is 3.13. The Bertz CT molecular complexity index is 369. The molecule has 4 nitrogen and oxygen atoms in total. The molecule has 1 fully saturated rings. The maximum atomic E-state index is 10.9. The van der Waals surface area contributed by atoms with Gasteiger partial charge in [-0.1, -0.05) is 37.8 Å². The Morgan fingerprint density at radius 3 is 2.71 bits per heavy atom. The van der Waals surface area contributed by atoms with Crippen LogP contribution in [0.1, 0.15) is 74.0 Å². The lowest BCUT2D eigenvalue weighted by atomic mass is 10.1. The van der Waals surface area contributed by atoms with Gasteiger partial charge in [-0.25, -0.2) is 4.68 Å². The maximum Gasteiger partial charge on any atom is 0.172 e. The molecule has 17 heavy (non-hydrogen) atoms. The Hall–Kier alpha value is -1.19. The largest absolute Gasteiger partial charge is 0.296 e. The fraction of sp³-hybridized carbons (Fsp3) is 0.769. The Morgan fingerprint density at radius 2 is 2.06 bits per heavy atom. The van der Waals surface area contributed by atoms with Crippen LogP contribution in [0.25, 0.3) is 0 Å². The van der Waals surface area contributed by atoms with Gasteiger partial charge < -0.3 is 0 Å². The maximum absolute atomic E-state index is 10.9. The molecule has 94 valence electrons. The molecule has 0 atom stereocenters. The van der Waals surface area contributed by atoms with Gasteiger partial charge >= 0.3 is 0 Å². The van der Waals surface area contributed by atoms with E-state index in [2.05, 4.69) is 17.2 Å². The van der Waals surface area contributed by atoms with E-state index >= 15 is 0 Å². The second kappa shape index (κ2) is 5.94. The van der Waals surface area contributed by atoms with Gasteiger partial charge in [0.15, 0.2) is 6.29 Å². The highest BCUT2D eigenvalue weighted by Crippen LogP contribution is 2.40. The highest BCUT2D eigenvalue weighted by Gasteiger charge is 2.30. The van der Waals surface area contributed by atoms with Crippen LogP contribution in [0, 0.1) is 0 Å². The summed E-state index contributed by atoms with van der Waals surface area (Å²) in [7, 11) is 0. The second-order valence-corrected chi connectivity index (χ2v) is 4.89. The number of carbonyl (C=O) groups excluding carboxylic acids is 1. The molecule has 0 saturated heterocycles. The van der Waals surface area contributed by atoms with E-state index in [0.29, 0.717) is 11.6 Å². The van der Waals surface area contributed by atoms with Crippen molar-refractivity contribution in [2.45, 2.75) is 64.3 Å². The number of aromatic nitrogens is 3. The van der Waals surface area contributed by atoms with Crippen LogP contribution in [0.4, 0.5) is 0 Å². The number of aryl methyl sites for hydroxylation is 1. The SMILES string of the molecule is CCCCCCCn1nnc(C=O)c1C1CC1. The molecule has 0 aromatic carbocycles. The fourth-order valence-corrected chi connectivity index (χ4v) is 2.22. The third-order valence-corrected chi connectivity index (χ3v) is 3.35. The van der Waals surface area contributed by atoms with E-state index in [0.717, 1.165) is 24.9 Å². The quantitative estimate of drug-likeness (QED) is 0.514. The van der Waals surface area contributed by atoms with Crippen LogP contribution in [0.3, 0.4) is 0 Å².